The van der Waals surface area contributed by atoms with Crippen LogP contribution >= 0.6 is 0 Å². The van der Waals surface area contributed by atoms with Crippen LogP contribution in [0.15, 0.2) is 152 Å². The van der Waals surface area contributed by atoms with Crippen molar-refractivity contribution in [3.05, 3.63) is 191 Å². The molecule has 0 aliphatic rings. The molecule has 10 aromatic rings. The maximum atomic E-state index is 15.4. The minimum atomic E-state index is -5.16. The third kappa shape index (κ3) is 8.05. The molecule has 2 aromatic heterocycles. The average Bonchev–Trinajstić information content (AvgIpc) is 3.84. The number of aromatic nitrogens is 2. The lowest BCUT2D eigenvalue weighted by atomic mass is 9.93. The minimum Gasteiger partial charge on any atom is -0.309 e. The zero-order valence-electron chi connectivity index (χ0n) is 36.3. The van der Waals surface area contributed by atoms with Gasteiger partial charge in [0.2, 0.25) is 0 Å². The zero-order chi connectivity index (χ0) is 50.5. The van der Waals surface area contributed by atoms with Crippen LogP contribution in [-0.4, -0.2) is 9.13 Å². The molecule has 0 N–H and O–H groups in total. The summed E-state index contributed by atoms with van der Waals surface area (Å²) in [6.07, 6.45) is -20.1. The molecule has 10 rings (SSSR count). The third-order valence-corrected chi connectivity index (χ3v) is 12.5. The van der Waals surface area contributed by atoms with Gasteiger partial charge in [0, 0.05) is 27.1 Å². The first-order chi connectivity index (χ1) is 33.5. The number of hydrogen-bond donors (Lipinski definition) is 0. The quantitative estimate of drug-likeness (QED) is 0.161. The Kier molecular flexibility index (Phi) is 10.6. The Morgan fingerprint density at radius 3 is 1.35 bits per heavy atom. The average molecular weight is 973 g/mol. The molecule has 0 amide bonds. The van der Waals surface area contributed by atoms with Crippen molar-refractivity contribution < 1.29 is 52.7 Å². The minimum absolute atomic E-state index is 0.00388. The number of halogens is 12. The van der Waals surface area contributed by atoms with Gasteiger partial charge in [-0.05, 0) is 119 Å². The van der Waals surface area contributed by atoms with Crippen LogP contribution in [0.5, 0.6) is 0 Å². The van der Waals surface area contributed by atoms with Crippen LogP contribution in [0.3, 0.4) is 0 Å². The molecule has 8 aromatic carbocycles. The van der Waals surface area contributed by atoms with E-state index in [2.05, 4.69) is 6.07 Å². The Bertz CT molecular complexity index is 3890. The number of alkyl halides is 12. The van der Waals surface area contributed by atoms with Crippen molar-refractivity contribution in [1.29, 1.82) is 10.5 Å². The Morgan fingerprint density at radius 2 is 0.859 bits per heavy atom. The third-order valence-electron chi connectivity index (χ3n) is 12.5. The van der Waals surface area contributed by atoms with E-state index in [1.165, 1.54) is 47.9 Å². The van der Waals surface area contributed by atoms with Gasteiger partial charge in [0.15, 0.2) is 0 Å². The summed E-state index contributed by atoms with van der Waals surface area (Å²) in [5, 5.41) is 22.9. The summed E-state index contributed by atoms with van der Waals surface area (Å²) < 4.78 is 176. The second-order valence-electron chi connectivity index (χ2n) is 16.9. The topological polar surface area (TPSA) is 57.4 Å². The number of nitriles is 2. The van der Waals surface area contributed by atoms with Crippen molar-refractivity contribution in [3.8, 4) is 56.9 Å². The Hall–Kier alpha value is -8.50. The summed E-state index contributed by atoms with van der Waals surface area (Å²) in [5.74, 6) is 0. The lowest BCUT2D eigenvalue weighted by Crippen LogP contribution is -2.11. The van der Waals surface area contributed by atoms with Crippen LogP contribution in [0.25, 0.3) is 88.4 Å². The van der Waals surface area contributed by atoms with E-state index in [4.69, 9.17) is 0 Å². The Morgan fingerprint density at radius 1 is 0.380 bits per heavy atom. The SMILES string of the molecule is Cc1cc(-c2ccc3c4ccccc4n(-c4cc(C#N)c(-n5c6ccccc6c6ccc(-c7cc(C(F)(F)F)cc(C(F)(F)F)c7)cc65)cc4-c4ccc(C#N)cc4C(F)(F)F)c3c2)cc(C(F)(F)F)c1. The molecule has 0 saturated carbocycles. The van der Waals surface area contributed by atoms with Crippen molar-refractivity contribution in [3.63, 3.8) is 0 Å². The van der Waals surface area contributed by atoms with E-state index < -0.39 is 58.1 Å². The van der Waals surface area contributed by atoms with Gasteiger partial charge in [0.1, 0.15) is 6.07 Å². The first-order valence-electron chi connectivity index (χ1n) is 21.3. The first kappa shape index (κ1) is 46.2. The summed E-state index contributed by atoms with van der Waals surface area (Å²) in [6, 6.07) is 36.8. The Labute approximate surface area is 394 Å². The van der Waals surface area contributed by atoms with E-state index in [0.29, 0.717) is 67.4 Å². The summed E-state index contributed by atoms with van der Waals surface area (Å²) >= 11 is 0. The summed E-state index contributed by atoms with van der Waals surface area (Å²) in [6.45, 7) is 1.51. The van der Waals surface area contributed by atoms with Crippen LogP contribution < -0.4 is 0 Å². The fourth-order valence-electron chi connectivity index (χ4n) is 9.39. The van der Waals surface area contributed by atoms with Crippen LogP contribution in [0, 0.1) is 29.6 Å². The highest BCUT2D eigenvalue weighted by Gasteiger charge is 2.38. The first-order valence-corrected chi connectivity index (χ1v) is 21.3. The van der Waals surface area contributed by atoms with Crippen molar-refractivity contribution >= 4 is 43.6 Å². The number of nitrogens with zero attached hydrogens (tertiary/aromatic N) is 4. The standard InChI is InChI=1S/C55H28F12N4/c1-29-16-33(19-36(17-29)52(56,57)58)31-11-14-43-41-7-3-5-9-47(41)71(50(43)22-31)51-24-35(28-69)48(26-44(51)39-13-10-30(27-68)18-45(39)55(65,66)67)70-46-8-4-2-6-40(46)42-15-12-32(23-49(42)70)34-20-37(53(59,60)61)25-38(21-34)54(62,63)64/h2-26H,1H3. The highest BCUT2D eigenvalue weighted by atomic mass is 19.4. The fraction of sp³-hybridized carbons (Fsp3) is 0.0909. The normalized spacial score (nSPS) is 12.5. The second-order valence-corrected chi connectivity index (χ2v) is 16.9. The maximum absolute atomic E-state index is 15.4. The van der Waals surface area contributed by atoms with Gasteiger partial charge in [0.05, 0.1) is 72.9 Å². The van der Waals surface area contributed by atoms with Crippen LogP contribution in [-0.2, 0) is 24.7 Å². The summed E-state index contributed by atoms with van der Waals surface area (Å²) in [7, 11) is 0. The summed E-state index contributed by atoms with van der Waals surface area (Å²) in [5.41, 5.74) is -4.73. The predicted molar refractivity (Wildman–Crippen MR) is 246 cm³/mol. The smallest absolute Gasteiger partial charge is 0.309 e. The van der Waals surface area contributed by atoms with E-state index in [-0.39, 0.29) is 50.8 Å². The van der Waals surface area contributed by atoms with Gasteiger partial charge < -0.3 is 9.13 Å². The molecule has 16 heteroatoms. The number of fused-ring (bicyclic) bond motifs is 6. The largest absolute Gasteiger partial charge is 0.417 e. The maximum Gasteiger partial charge on any atom is 0.417 e. The van der Waals surface area contributed by atoms with Crippen molar-refractivity contribution in [2.24, 2.45) is 0 Å². The molecule has 0 saturated heterocycles. The lowest BCUT2D eigenvalue weighted by Gasteiger charge is -2.21. The van der Waals surface area contributed by atoms with Crippen LogP contribution in [0.1, 0.15) is 38.9 Å². The molecule has 71 heavy (non-hydrogen) atoms. The number of hydrogen-bond acceptors (Lipinski definition) is 2. The van der Waals surface area contributed by atoms with Gasteiger partial charge in [-0.15, -0.1) is 0 Å². The van der Waals surface area contributed by atoms with E-state index in [0.717, 1.165) is 18.2 Å². The number of aryl methyl sites for hydroxylation is 1. The van der Waals surface area contributed by atoms with Crippen molar-refractivity contribution in [2.45, 2.75) is 31.6 Å². The monoisotopic (exact) mass is 972 g/mol. The fourth-order valence-corrected chi connectivity index (χ4v) is 9.39. The molecule has 4 nitrogen and oxygen atoms in total. The highest BCUT2D eigenvalue weighted by Crippen LogP contribution is 2.47. The molecule has 0 fully saturated rings. The Balaban J connectivity index is 1.32. The molecule has 0 aliphatic heterocycles. The van der Waals surface area contributed by atoms with Crippen molar-refractivity contribution in [2.75, 3.05) is 0 Å². The second kappa shape index (κ2) is 16.3. The van der Waals surface area contributed by atoms with Gasteiger partial charge >= 0.3 is 24.7 Å². The molecule has 0 aliphatic carbocycles. The van der Waals surface area contributed by atoms with E-state index >= 15 is 13.2 Å². The highest BCUT2D eigenvalue weighted by molar-refractivity contribution is 6.12. The molecule has 0 bridgehead atoms. The van der Waals surface area contributed by atoms with Gasteiger partial charge in [-0.25, -0.2) is 0 Å². The zero-order valence-corrected chi connectivity index (χ0v) is 36.3. The van der Waals surface area contributed by atoms with Gasteiger partial charge in [0.25, 0.3) is 0 Å². The lowest BCUT2D eigenvalue weighted by molar-refractivity contribution is -0.143. The number of rotatable bonds is 5. The summed E-state index contributed by atoms with van der Waals surface area (Å²) in [4.78, 5) is 0. The molecule has 352 valence electrons. The van der Waals surface area contributed by atoms with Crippen LogP contribution in [0.2, 0.25) is 0 Å². The molecular weight excluding hydrogens is 945 g/mol. The van der Waals surface area contributed by atoms with Gasteiger partial charge in [-0.1, -0.05) is 72.8 Å². The van der Waals surface area contributed by atoms with Crippen LogP contribution in [0.4, 0.5) is 52.7 Å². The predicted octanol–water partition coefficient (Wildman–Crippen LogP) is 17.0. The van der Waals surface area contributed by atoms with Gasteiger partial charge in [-0.3, -0.25) is 0 Å². The molecular formula is C55H28F12N4. The molecule has 0 radical (unpaired) electrons. The van der Waals surface area contributed by atoms with E-state index in [1.807, 2.05) is 0 Å². The van der Waals surface area contributed by atoms with Crippen molar-refractivity contribution in [1.82, 2.24) is 9.13 Å². The molecule has 2 heterocycles. The number of benzene rings is 8. The molecule has 0 spiro atoms. The number of para-hydroxylation sites is 2. The molecule has 0 unspecified atom stereocenters. The van der Waals surface area contributed by atoms with E-state index in [1.54, 1.807) is 83.4 Å². The van der Waals surface area contributed by atoms with E-state index in [9.17, 15) is 50.0 Å². The van der Waals surface area contributed by atoms with Gasteiger partial charge in [-0.2, -0.15) is 63.2 Å². The molecule has 0 atom stereocenters.